The van der Waals surface area contributed by atoms with Crippen molar-refractivity contribution in [3.05, 3.63) is 106 Å². The summed E-state index contributed by atoms with van der Waals surface area (Å²) in [5.74, 6) is -2.80. The molecule has 2 aromatic carbocycles. The van der Waals surface area contributed by atoms with E-state index in [0.29, 0.717) is 11.1 Å². The number of nitrogens with zero attached hydrogens (tertiary/aromatic N) is 3. The van der Waals surface area contributed by atoms with Crippen molar-refractivity contribution in [1.29, 1.82) is 0 Å². The molecule has 2 aliphatic rings. The van der Waals surface area contributed by atoms with E-state index in [2.05, 4.69) is 22.0 Å². The first-order valence-electron chi connectivity index (χ1n) is 13.1. The van der Waals surface area contributed by atoms with Crippen LogP contribution in [0.25, 0.3) is 0 Å². The molecule has 0 saturated carbocycles. The predicted octanol–water partition coefficient (Wildman–Crippen LogP) is 2.79. The number of thiazole rings is 1. The van der Waals surface area contributed by atoms with Crippen LogP contribution in [0.1, 0.15) is 22.9 Å². The van der Waals surface area contributed by atoms with Crippen LogP contribution in [0, 0.1) is 0 Å². The molecule has 0 bridgehead atoms. The second-order valence-corrected chi connectivity index (χ2v) is 11.5. The molecule has 0 radical (unpaired) electrons. The number of carbonyl (C=O) groups excluding carboxylic acids is 4. The third-order valence-corrected chi connectivity index (χ3v) is 8.79. The molecule has 1 fully saturated rings. The third-order valence-electron chi connectivity index (χ3n) is 6.84. The Morgan fingerprint density at radius 3 is 2.27 bits per heavy atom. The van der Waals surface area contributed by atoms with Crippen LogP contribution in [-0.2, 0) is 33.5 Å². The van der Waals surface area contributed by atoms with E-state index in [9.17, 15) is 19.2 Å². The van der Waals surface area contributed by atoms with E-state index in [4.69, 9.17) is 20.0 Å². The highest BCUT2D eigenvalue weighted by Crippen LogP contribution is 2.43. The summed E-state index contributed by atoms with van der Waals surface area (Å²) in [6.45, 7) is 3.83. The summed E-state index contributed by atoms with van der Waals surface area (Å²) in [7, 11) is 2.47. The van der Waals surface area contributed by atoms with Crippen molar-refractivity contribution >= 4 is 57.7 Å². The van der Waals surface area contributed by atoms with Gasteiger partial charge in [-0.1, -0.05) is 72.4 Å². The molecule has 5 rings (SSSR count). The lowest BCUT2D eigenvalue weighted by Gasteiger charge is -2.49. The summed E-state index contributed by atoms with van der Waals surface area (Å²) in [4.78, 5) is 63.4. The number of nitrogens with one attached hydrogen (secondary N) is 1. The van der Waals surface area contributed by atoms with Gasteiger partial charge in [0, 0.05) is 16.7 Å². The molecule has 2 amide bonds. The number of aromatic nitrogens is 1. The van der Waals surface area contributed by atoms with Crippen LogP contribution in [0.4, 0.5) is 5.13 Å². The first-order valence-corrected chi connectivity index (χ1v) is 15.1. The fourth-order valence-electron chi connectivity index (χ4n) is 4.73. The highest BCUT2D eigenvalue weighted by atomic mass is 32.2. The number of nitrogens with two attached hydrogens (primary N) is 1. The molecule has 12 nitrogen and oxygen atoms in total. The molecule has 2 aliphatic heterocycles. The standard InChI is InChI=1S/C30H27N5O7S2/c1-16(28(38)40-2)19-14-43-27-22(33-25(36)21(34-41-3)20-15-44-30(31)32-20)26(37)35(27)23(19)29(39)42-24(17-10-6-4-7-11-17)18-12-8-5-9-13-18/h4-13,15,22,24,27H,1,14H2,2-3H3,(H2,31,32)(H,33,36)/b34-21-/t22-,27-/m1/s1. The van der Waals surface area contributed by atoms with Crippen LogP contribution in [0.3, 0.4) is 0 Å². The highest BCUT2D eigenvalue weighted by molar-refractivity contribution is 8.00. The average molecular weight is 634 g/mol. The lowest BCUT2D eigenvalue weighted by atomic mass is 9.98. The lowest BCUT2D eigenvalue weighted by Crippen LogP contribution is -2.71. The third kappa shape index (κ3) is 5.94. The number of thioether (sulfide) groups is 1. The molecule has 3 aromatic rings. The Bertz CT molecular complexity index is 1630. The van der Waals surface area contributed by atoms with Crippen LogP contribution >= 0.6 is 23.1 Å². The van der Waals surface area contributed by atoms with Gasteiger partial charge in [-0.2, -0.15) is 0 Å². The summed E-state index contributed by atoms with van der Waals surface area (Å²) >= 11 is 2.35. The second-order valence-electron chi connectivity index (χ2n) is 9.46. The number of oxime groups is 1. The SMILES string of the molecule is C=C(C(=O)OC)C1=C(C(=O)OC(c2ccccc2)c2ccccc2)N2C(=O)[C@@H](NC(=O)/C(=N\OC)c3csc(N)n3)[C@H]2SC1. The van der Waals surface area contributed by atoms with Gasteiger partial charge in [-0.3, -0.25) is 14.5 Å². The number of nitrogen functional groups attached to an aromatic ring is 1. The maximum Gasteiger partial charge on any atom is 0.356 e. The van der Waals surface area contributed by atoms with Gasteiger partial charge in [0.15, 0.2) is 16.9 Å². The zero-order chi connectivity index (χ0) is 31.4. The molecule has 226 valence electrons. The van der Waals surface area contributed by atoms with Crippen LogP contribution in [0.5, 0.6) is 0 Å². The number of methoxy groups -OCH3 is 1. The number of ether oxygens (including phenoxy) is 2. The maximum atomic E-state index is 14.0. The van der Waals surface area contributed by atoms with Crippen molar-refractivity contribution < 1.29 is 33.5 Å². The van der Waals surface area contributed by atoms with Crippen LogP contribution < -0.4 is 11.1 Å². The molecule has 0 unspecified atom stereocenters. The van der Waals surface area contributed by atoms with E-state index >= 15 is 0 Å². The second kappa shape index (κ2) is 13.1. The van der Waals surface area contributed by atoms with Gasteiger partial charge in [-0.25, -0.2) is 14.6 Å². The molecule has 0 spiro atoms. The zero-order valence-corrected chi connectivity index (χ0v) is 25.2. The van der Waals surface area contributed by atoms with Crippen molar-refractivity contribution in [2.24, 2.45) is 5.16 Å². The molecule has 14 heteroatoms. The summed E-state index contributed by atoms with van der Waals surface area (Å²) in [6.07, 6.45) is -0.816. The summed E-state index contributed by atoms with van der Waals surface area (Å²) in [5, 5.41) is 7.49. The molecule has 1 saturated heterocycles. The van der Waals surface area contributed by atoms with E-state index in [1.807, 2.05) is 60.7 Å². The average Bonchev–Trinajstić information content (AvgIpc) is 3.49. The molecule has 3 N–H and O–H groups in total. The minimum absolute atomic E-state index is 0.0858. The first kappa shape index (κ1) is 30.5. The monoisotopic (exact) mass is 633 g/mol. The number of fused-ring (bicyclic) bond motifs is 1. The van der Waals surface area contributed by atoms with E-state index in [1.165, 1.54) is 36.3 Å². The number of amides is 2. The predicted molar refractivity (Wildman–Crippen MR) is 164 cm³/mol. The number of rotatable bonds is 10. The van der Waals surface area contributed by atoms with Crippen LogP contribution in [-0.4, -0.2) is 70.7 Å². The van der Waals surface area contributed by atoms with E-state index in [0.717, 1.165) is 11.3 Å². The normalized spacial score (nSPS) is 17.8. The van der Waals surface area contributed by atoms with E-state index in [-0.39, 0.29) is 39.1 Å². The van der Waals surface area contributed by atoms with E-state index < -0.39 is 41.3 Å². The smallest absolute Gasteiger partial charge is 0.356 e. The van der Waals surface area contributed by atoms with Gasteiger partial charge >= 0.3 is 11.9 Å². The van der Waals surface area contributed by atoms with E-state index in [1.54, 1.807) is 0 Å². The number of hydrogen-bond donors (Lipinski definition) is 2. The number of esters is 2. The zero-order valence-electron chi connectivity index (χ0n) is 23.6. The van der Waals surface area contributed by atoms with Crippen molar-refractivity contribution in [3.63, 3.8) is 0 Å². The Hall–Kier alpha value is -4.95. The molecule has 1 aromatic heterocycles. The minimum Gasteiger partial charge on any atom is -0.465 e. The molecular formula is C30H27N5O7S2. The largest absolute Gasteiger partial charge is 0.465 e. The van der Waals surface area contributed by atoms with Gasteiger partial charge in [-0.05, 0) is 11.1 Å². The Kier molecular flexibility index (Phi) is 9.11. The number of benzene rings is 2. The fourth-order valence-corrected chi connectivity index (χ4v) is 6.67. The topological polar surface area (TPSA) is 163 Å². The Morgan fingerprint density at radius 1 is 1.09 bits per heavy atom. The quantitative estimate of drug-likeness (QED) is 0.112. The molecule has 0 aliphatic carbocycles. The Labute approximate surface area is 260 Å². The molecule has 2 atom stereocenters. The van der Waals surface area contributed by atoms with Crippen molar-refractivity contribution in [1.82, 2.24) is 15.2 Å². The van der Waals surface area contributed by atoms with Gasteiger partial charge in [0.05, 0.1) is 12.7 Å². The van der Waals surface area contributed by atoms with Gasteiger partial charge < -0.3 is 25.4 Å². The maximum absolute atomic E-state index is 14.0. The van der Waals surface area contributed by atoms with Gasteiger partial charge in [0.2, 0.25) is 0 Å². The number of hydrogen-bond acceptors (Lipinski definition) is 12. The Balaban J connectivity index is 1.46. The first-order chi connectivity index (χ1) is 21.2. The minimum atomic E-state index is -1.03. The highest BCUT2D eigenvalue weighted by Gasteiger charge is 2.55. The summed E-state index contributed by atoms with van der Waals surface area (Å²) in [5.41, 5.74) is 7.09. The van der Waals surface area contributed by atoms with Crippen LogP contribution in [0.2, 0.25) is 0 Å². The number of β-lactam (4-membered cyclic amide) rings is 1. The number of carbonyl (C=O) groups is 4. The van der Waals surface area contributed by atoms with Gasteiger partial charge in [-0.15, -0.1) is 23.1 Å². The molecule has 3 heterocycles. The Morgan fingerprint density at radius 2 is 1.73 bits per heavy atom. The molecular weight excluding hydrogens is 606 g/mol. The lowest BCUT2D eigenvalue weighted by molar-refractivity contribution is -0.154. The van der Waals surface area contributed by atoms with Gasteiger partial charge in [0.1, 0.15) is 29.9 Å². The van der Waals surface area contributed by atoms with Gasteiger partial charge in [0.25, 0.3) is 11.8 Å². The van der Waals surface area contributed by atoms with Crippen molar-refractivity contribution in [3.8, 4) is 0 Å². The van der Waals surface area contributed by atoms with Crippen molar-refractivity contribution in [2.45, 2.75) is 17.5 Å². The summed E-state index contributed by atoms with van der Waals surface area (Å²) in [6, 6.07) is 17.2. The van der Waals surface area contributed by atoms with Crippen molar-refractivity contribution in [2.75, 3.05) is 25.7 Å². The number of anilines is 1. The van der Waals surface area contributed by atoms with Crippen LogP contribution in [0.15, 0.2) is 94.6 Å². The summed E-state index contributed by atoms with van der Waals surface area (Å²) < 4.78 is 10.9. The fraction of sp³-hybridized carbons (Fsp3) is 0.200. The molecule has 44 heavy (non-hydrogen) atoms.